The first-order valence-electron chi connectivity index (χ1n) is 10.4. The van der Waals surface area contributed by atoms with Crippen molar-refractivity contribution in [2.75, 3.05) is 24.5 Å². The zero-order valence-electron chi connectivity index (χ0n) is 18.0. The Labute approximate surface area is 198 Å². The number of thiazole rings is 1. The third kappa shape index (κ3) is 4.93. The average Bonchev–Trinajstić information content (AvgIpc) is 3.34. The van der Waals surface area contributed by atoms with Crippen LogP contribution < -0.4 is 9.04 Å². The van der Waals surface area contributed by atoms with Gasteiger partial charge in [-0.3, -0.25) is 13.4 Å². The molecule has 0 spiro atoms. The van der Waals surface area contributed by atoms with E-state index in [2.05, 4.69) is 9.88 Å². The molecule has 1 aromatic heterocycles. The topological polar surface area (TPSA) is 106 Å². The van der Waals surface area contributed by atoms with Crippen LogP contribution in [0.5, 0.6) is 5.75 Å². The Morgan fingerprint density at radius 2 is 1.79 bits per heavy atom. The number of carboxylic acids is 1. The van der Waals surface area contributed by atoms with Crippen LogP contribution in [0.4, 0.5) is 5.69 Å². The fourth-order valence-corrected chi connectivity index (χ4v) is 5.65. The van der Waals surface area contributed by atoms with Crippen LogP contribution in [0.3, 0.4) is 0 Å². The van der Waals surface area contributed by atoms with Gasteiger partial charge in [-0.25, -0.2) is 9.78 Å². The molecule has 0 amide bonds. The van der Waals surface area contributed by atoms with Crippen LogP contribution in [0.15, 0.2) is 60.1 Å². The zero-order valence-corrected chi connectivity index (χ0v) is 19.7. The van der Waals surface area contributed by atoms with Crippen molar-refractivity contribution >= 4 is 34.3 Å². The Bertz CT molecular complexity index is 1100. The fraction of sp³-hybridized carbons (Fsp3) is 0.304. The van der Waals surface area contributed by atoms with Gasteiger partial charge in [0.05, 0.1) is 13.7 Å². The maximum Gasteiger partial charge on any atom is 0.330 e. The van der Waals surface area contributed by atoms with Crippen LogP contribution >= 0.6 is 11.3 Å². The molecule has 0 aliphatic carbocycles. The van der Waals surface area contributed by atoms with Crippen molar-refractivity contribution in [2.24, 2.45) is 0 Å². The maximum atomic E-state index is 12.4. The van der Waals surface area contributed by atoms with Crippen molar-refractivity contribution in [1.82, 2.24) is 9.88 Å². The highest BCUT2D eigenvalue weighted by molar-refractivity contribution is 7.80. The molecule has 33 heavy (non-hydrogen) atoms. The summed E-state index contributed by atoms with van der Waals surface area (Å²) in [6.45, 7) is 1.55. The Morgan fingerprint density at radius 3 is 2.27 bits per heavy atom. The first-order valence-corrected chi connectivity index (χ1v) is 12.3. The molecule has 174 valence electrons. The highest BCUT2D eigenvalue weighted by Gasteiger charge is 2.47. The van der Waals surface area contributed by atoms with Crippen LogP contribution in [0.1, 0.15) is 17.8 Å². The Kier molecular flexibility index (Phi) is 7.08. The van der Waals surface area contributed by atoms with Crippen LogP contribution in [-0.2, 0) is 22.6 Å². The quantitative estimate of drug-likeness (QED) is 0.486. The van der Waals surface area contributed by atoms with Crippen molar-refractivity contribution < 1.29 is 23.4 Å². The van der Waals surface area contributed by atoms with Crippen LogP contribution in [0.2, 0.25) is 0 Å². The largest absolute Gasteiger partial charge is 0.755 e. The zero-order chi connectivity index (χ0) is 23.4. The number of likely N-dealkylation sites (tertiary alicyclic amines) is 1. The van der Waals surface area contributed by atoms with Crippen molar-refractivity contribution in [3.8, 4) is 16.9 Å². The Morgan fingerprint density at radius 1 is 1.18 bits per heavy atom. The summed E-state index contributed by atoms with van der Waals surface area (Å²) in [7, 11) is 1.60. The number of hydrogen-bond acceptors (Lipinski definition) is 7. The molecule has 4 rings (SSSR count). The van der Waals surface area contributed by atoms with E-state index >= 15 is 0 Å². The first kappa shape index (κ1) is 23.4. The third-order valence-electron chi connectivity index (χ3n) is 5.99. The second kappa shape index (κ2) is 10.0. The van der Waals surface area contributed by atoms with Crippen LogP contribution in [-0.4, -0.2) is 55.5 Å². The molecule has 1 N–H and O–H groups in total. The van der Waals surface area contributed by atoms with Gasteiger partial charge in [0, 0.05) is 41.6 Å². The molecule has 8 nitrogen and oxygen atoms in total. The number of ether oxygens (including phenoxy) is 1. The minimum atomic E-state index is -2.75. The van der Waals surface area contributed by atoms with Gasteiger partial charge < -0.3 is 14.4 Å². The molecular weight excluding hydrogens is 462 g/mol. The number of carbonyl (C=O) groups is 1. The van der Waals surface area contributed by atoms with E-state index in [0.717, 1.165) is 26.2 Å². The van der Waals surface area contributed by atoms with Gasteiger partial charge in [0.2, 0.25) is 0 Å². The smallest absolute Gasteiger partial charge is 0.330 e. The lowest BCUT2D eigenvalue weighted by molar-refractivity contribution is -0.144. The number of rotatable bonds is 8. The molecule has 2 aromatic carbocycles. The highest BCUT2D eigenvalue weighted by atomic mass is 32.2. The van der Waals surface area contributed by atoms with E-state index in [-0.39, 0.29) is 12.8 Å². The lowest BCUT2D eigenvalue weighted by atomic mass is 9.87. The number of aliphatic carboxylic acids is 1. The summed E-state index contributed by atoms with van der Waals surface area (Å²) in [5.41, 5.74) is 0.630. The number of methoxy groups -OCH3 is 1. The van der Waals surface area contributed by atoms with Crippen molar-refractivity contribution in [3.05, 3.63) is 65.1 Å². The number of anilines is 1. The normalized spacial score (nSPS) is 16.8. The summed E-state index contributed by atoms with van der Waals surface area (Å²) in [4.78, 5) is 18.8. The lowest BCUT2D eigenvalue weighted by Crippen LogP contribution is -2.60. The monoisotopic (exact) mass is 486 g/mol. The molecule has 0 bridgehead atoms. The van der Waals surface area contributed by atoms with E-state index in [4.69, 9.17) is 4.74 Å². The number of piperidine rings is 1. The second-order valence-corrected chi connectivity index (χ2v) is 9.60. The van der Waals surface area contributed by atoms with Crippen LogP contribution in [0, 0.1) is 0 Å². The summed E-state index contributed by atoms with van der Waals surface area (Å²) in [6, 6.07) is 14.4. The predicted octanol–water partition coefficient (Wildman–Crippen LogP) is 3.54. The van der Waals surface area contributed by atoms with E-state index < -0.39 is 22.8 Å². The first-order chi connectivity index (χ1) is 15.9. The van der Waals surface area contributed by atoms with Crippen molar-refractivity contribution in [3.63, 3.8) is 0 Å². The standard InChI is InChI=1S/C23H25N3O5S2/c1-31-20-8-4-18(5-9-20)17-2-6-19(7-3-17)26(33(29)30)23(22(27)28)10-13-25(14-11-23)16-21-24-12-15-32-21/h2-9,12,15H,10-11,13-14,16H2,1H3,(H,27,28)(H,29,30)/p-1. The maximum absolute atomic E-state index is 12.4. The average molecular weight is 487 g/mol. The molecule has 2 heterocycles. The highest BCUT2D eigenvalue weighted by Crippen LogP contribution is 2.36. The van der Waals surface area contributed by atoms with Gasteiger partial charge in [0.15, 0.2) is 5.54 Å². The van der Waals surface area contributed by atoms with E-state index in [9.17, 15) is 18.7 Å². The summed E-state index contributed by atoms with van der Waals surface area (Å²) < 4.78 is 30.8. The molecule has 1 unspecified atom stereocenters. The van der Waals surface area contributed by atoms with Gasteiger partial charge in [0.1, 0.15) is 10.8 Å². The summed E-state index contributed by atoms with van der Waals surface area (Å²) >= 11 is -1.21. The minimum absolute atomic E-state index is 0.182. The lowest BCUT2D eigenvalue weighted by Gasteiger charge is -2.47. The third-order valence-corrected chi connectivity index (χ3v) is 7.61. The van der Waals surface area contributed by atoms with E-state index in [1.54, 1.807) is 48.9 Å². The molecule has 1 fully saturated rings. The minimum Gasteiger partial charge on any atom is -0.755 e. The summed E-state index contributed by atoms with van der Waals surface area (Å²) in [6.07, 6.45) is 2.10. The molecule has 1 aliphatic heterocycles. The van der Waals surface area contributed by atoms with Crippen molar-refractivity contribution in [1.29, 1.82) is 0 Å². The molecule has 3 aromatic rings. The summed E-state index contributed by atoms with van der Waals surface area (Å²) in [5.74, 6) is -0.396. The van der Waals surface area contributed by atoms with Crippen molar-refractivity contribution in [2.45, 2.75) is 24.9 Å². The second-order valence-electron chi connectivity index (χ2n) is 7.83. The molecule has 0 saturated carbocycles. The SMILES string of the molecule is COc1ccc(-c2ccc(N(S(=O)[O-])C3(C(=O)O)CCN(Cc4nccs4)CC3)cc2)cc1. The Balaban J connectivity index is 1.56. The molecular formula is C23H24N3O5S2-. The van der Waals surface area contributed by atoms with Gasteiger partial charge in [0.25, 0.3) is 0 Å². The number of hydrogen-bond donors (Lipinski definition) is 1. The van der Waals surface area contributed by atoms with Gasteiger partial charge in [-0.2, -0.15) is 0 Å². The fourth-order valence-electron chi connectivity index (χ4n) is 4.16. The number of nitrogens with zero attached hydrogens (tertiary/aromatic N) is 3. The van der Waals surface area contributed by atoms with Gasteiger partial charge >= 0.3 is 5.97 Å². The Hall–Kier alpha value is -2.79. The molecule has 0 radical (unpaired) electrons. The van der Waals surface area contributed by atoms with E-state index in [0.29, 0.717) is 25.3 Å². The van der Waals surface area contributed by atoms with E-state index in [1.165, 1.54) is 0 Å². The number of carboxylic acid groups (broad SMARTS) is 1. The summed E-state index contributed by atoms with van der Waals surface area (Å²) in [5, 5.41) is 13.0. The van der Waals surface area contributed by atoms with Gasteiger partial charge in [-0.05, 0) is 48.2 Å². The van der Waals surface area contributed by atoms with Gasteiger partial charge in [-0.1, -0.05) is 24.3 Å². The molecule has 10 heteroatoms. The molecule has 1 aliphatic rings. The van der Waals surface area contributed by atoms with E-state index in [1.807, 2.05) is 29.6 Å². The number of aromatic nitrogens is 1. The number of benzene rings is 2. The van der Waals surface area contributed by atoms with Gasteiger partial charge in [-0.15, -0.1) is 11.3 Å². The molecule has 1 atom stereocenters. The molecule has 1 saturated heterocycles. The predicted molar refractivity (Wildman–Crippen MR) is 127 cm³/mol. The van der Waals surface area contributed by atoms with Crippen LogP contribution in [0.25, 0.3) is 11.1 Å².